The van der Waals surface area contributed by atoms with Crippen molar-refractivity contribution in [1.82, 2.24) is 5.32 Å². The highest BCUT2D eigenvalue weighted by molar-refractivity contribution is 7.09. The number of carbonyl (C=O) groups is 1. The quantitative estimate of drug-likeness (QED) is 0.778. The van der Waals surface area contributed by atoms with Crippen LogP contribution in [0.2, 0.25) is 0 Å². The highest BCUT2D eigenvalue weighted by atomic mass is 32.1. The van der Waals surface area contributed by atoms with Gasteiger partial charge in [-0.3, -0.25) is 4.79 Å². The van der Waals surface area contributed by atoms with E-state index in [2.05, 4.69) is 11.9 Å². The van der Waals surface area contributed by atoms with Crippen LogP contribution in [0.4, 0.5) is 0 Å². The summed E-state index contributed by atoms with van der Waals surface area (Å²) in [4.78, 5) is 12.0. The van der Waals surface area contributed by atoms with E-state index in [-0.39, 0.29) is 5.91 Å². The van der Waals surface area contributed by atoms with Crippen molar-refractivity contribution in [2.24, 2.45) is 0 Å². The van der Waals surface area contributed by atoms with Gasteiger partial charge in [0.25, 0.3) is 0 Å². The van der Waals surface area contributed by atoms with Crippen LogP contribution < -0.4 is 5.32 Å². The maximum absolute atomic E-state index is 11.0. The van der Waals surface area contributed by atoms with Gasteiger partial charge in [-0.25, -0.2) is 0 Å². The van der Waals surface area contributed by atoms with E-state index in [0.717, 1.165) is 4.88 Å². The topological polar surface area (TPSA) is 29.1 Å². The van der Waals surface area contributed by atoms with Crippen LogP contribution in [0.15, 0.2) is 54.4 Å². The SMILES string of the molecule is C=CC(=O)NCc1cccccccs1. The molecule has 15 heavy (non-hydrogen) atoms. The van der Waals surface area contributed by atoms with Crippen molar-refractivity contribution in [2.45, 2.75) is 6.54 Å². The fourth-order valence-corrected chi connectivity index (χ4v) is 1.57. The Morgan fingerprint density at radius 1 is 1.33 bits per heavy atom. The zero-order chi connectivity index (χ0) is 10.9. The Bertz CT molecular complexity index is 359. The predicted octanol–water partition coefficient (Wildman–Crippen LogP) is 2.67. The first-order valence-corrected chi connectivity index (χ1v) is 5.47. The Balaban J connectivity index is 2.74. The minimum Gasteiger partial charge on any atom is -0.348 e. The number of amides is 1. The molecule has 0 aliphatic heterocycles. The average molecular weight is 219 g/mol. The lowest BCUT2D eigenvalue weighted by Gasteiger charge is -1.98. The molecule has 1 heterocycles. The Hall–Kier alpha value is -1.61. The highest BCUT2D eigenvalue weighted by Crippen LogP contribution is 2.02. The maximum Gasteiger partial charge on any atom is 0.243 e. The lowest BCUT2D eigenvalue weighted by atomic mass is 10.4. The Labute approximate surface area is 93.6 Å². The van der Waals surface area contributed by atoms with Crippen molar-refractivity contribution in [2.75, 3.05) is 0 Å². The van der Waals surface area contributed by atoms with Crippen molar-refractivity contribution >= 4 is 17.2 Å². The van der Waals surface area contributed by atoms with Crippen LogP contribution in [0.25, 0.3) is 0 Å². The second-order valence-corrected chi connectivity index (χ2v) is 3.80. The van der Waals surface area contributed by atoms with E-state index in [1.165, 1.54) is 6.08 Å². The maximum atomic E-state index is 11.0. The van der Waals surface area contributed by atoms with Crippen molar-refractivity contribution in [1.29, 1.82) is 0 Å². The standard InChI is InChI=1S/C12H13NOS/c1-2-12(14)13-10-11-8-6-4-3-5-7-9-15-11/h2-9H,1,10H2,(H,13,14). The van der Waals surface area contributed by atoms with E-state index in [0.29, 0.717) is 6.54 Å². The first-order chi connectivity index (χ1) is 7.33. The Morgan fingerprint density at radius 3 is 2.87 bits per heavy atom. The fourth-order valence-electron chi connectivity index (χ4n) is 0.914. The summed E-state index contributed by atoms with van der Waals surface area (Å²) in [6.45, 7) is 3.93. The molecule has 0 saturated carbocycles. The van der Waals surface area contributed by atoms with Gasteiger partial charge in [-0.05, 0) is 17.5 Å². The summed E-state index contributed by atoms with van der Waals surface area (Å²) in [6, 6.07) is 11.8. The van der Waals surface area contributed by atoms with E-state index >= 15 is 0 Å². The summed E-state index contributed by atoms with van der Waals surface area (Å²) >= 11 is 1.59. The van der Waals surface area contributed by atoms with Crippen LogP contribution in [0.5, 0.6) is 0 Å². The van der Waals surface area contributed by atoms with Gasteiger partial charge in [0, 0.05) is 4.88 Å². The van der Waals surface area contributed by atoms with Gasteiger partial charge >= 0.3 is 0 Å². The molecule has 0 bridgehead atoms. The van der Waals surface area contributed by atoms with Crippen molar-refractivity contribution in [3.63, 3.8) is 0 Å². The molecule has 0 unspecified atom stereocenters. The minimum absolute atomic E-state index is 0.151. The normalized spacial score (nSPS) is 8.80. The summed E-state index contributed by atoms with van der Waals surface area (Å²) in [5.41, 5.74) is 0. The summed E-state index contributed by atoms with van der Waals surface area (Å²) in [5, 5.41) is 4.72. The number of hydrogen-bond donors (Lipinski definition) is 1. The smallest absolute Gasteiger partial charge is 0.243 e. The molecule has 1 amide bonds. The molecule has 0 spiro atoms. The van der Waals surface area contributed by atoms with Crippen LogP contribution in [0.1, 0.15) is 4.88 Å². The second-order valence-electron chi connectivity index (χ2n) is 2.77. The van der Waals surface area contributed by atoms with Crippen LogP contribution in [-0.2, 0) is 11.3 Å². The number of nitrogens with one attached hydrogen (secondary N) is 1. The van der Waals surface area contributed by atoms with Crippen LogP contribution in [0, 0.1) is 0 Å². The van der Waals surface area contributed by atoms with Crippen molar-refractivity contribution in [3.8, 4) is 0 Å². The third-order valence-corrected chi connectivity index (χ3v) is 2.52. The van der Waals surface area contributed by atoms with Crippen molar-refractivity contribution < 1.29 is 4.79 Å². The zero-order valence-electron chi connectivity index (χ0n) is 8.35. The molecular formula is C12H13NOS. The first kappa shape index (κ1) is 11.5. The molecule has 1 N–H and O–H groups in total. The van der Waals surface area contributed by atoms with Gasteiger partial charge in [-0.1, -0.05) is 36.9 Å². The fraction of sp³-hybridized carbons (Fsp3) is 0.0833. The molecule has 0 radical (unpaired) electrons. The molecule has 0 aliphatic rings. The lowest BCUT2D eigenvalue weighted by molar-refractivity contribution is -0.116. The summed E-state index contributed by atoms with van der Waals surface area (Å²) in [7, 11) is 0. The van der Waals surface area contributed by atoms with Gasteiger partial charge in [0.05, 0.1) is 6.54 Å². The number of hydrogen-bond acceptors (Lipinski definition) is 2. The second kappa shape index (κ2) is 6.79. The van der Waals surface area contributed by atoms with E-state index < -0.39 is 0 Å². The molecule has 0 atom stereocenters. The van der Waals surface area contributed by atoms with Crippen LogP contribution >= 0.6 is 11.3 Å². The molecule has 1 aromatic heterocycles. The summed E-state index contributed by atoms with van der Waals surface area (Å²) in [6.07, 6.45) is 1.27. The first-order valence-electron chi connectivity index (χ1n) is 4.59. The summed E-state index contributed by atoms with van der Waals surface area (Å²) in [5.74, 6) is -0.151. The molecule has 0 fully saturated rings. The molecule has 3 heteroatoms. The molecule has 1 rings (SSSR count). The van der Waals surface area contributed by atoms with Crippen LogP contribution in [0.3, 0.4) is 0 Å². The van der Waals surface area contributed by atoms with Crippen LogP contribution in [-0.4, -0.2) is 5.91 Å². The van der Waals surface area contributed by atoms with Crippen molar-refractivity contribution in [3.05, 3.63) is 59.3 Å². The average Bonchev–Trinajstić information content (AvgIpc) is 2.39. The lowest BCUT2D eigenvalue weighted by Crippen LogP contribution is -2.19. The van der Waals surface area contributed by atoms with Gasteiger partial charge in [-0.2, -0.15) is 0 Å². The molecule has 0 aliphatic carbocycles. The van der Waals surface area contributed by atoms with Gasteiger partial charge < -0.3 is 5.32 Å². The Morgan fingerprint density at radius 2 is 2.07 bits per heavy atom. The minimum atomic E-state index is -0.151. The highest BCUT2D eigenvalue weighted by Gasteiger charge is 1.93. The number of rotatable bonds is 3. The molecule has 0 saturated heterocycles. The van der Waals surface area contributed by atoms with Gasteiger partial charge in [-0.15, -0.1) is 11.3 Å². The largest absolute Gasteiger partial charge is 0.348 e. The summed E-state index contributed by atoms with van der Waals surface area (Å²) < 4.78 is 0. The van der Waals surface area contributed by atoms with E-state index in [9.17, 15) is 4.79 Å². The van der Waals surface area contributed by atoms with Gasteiger partial charge in [0.1, 0.15) is 0 Å². The predicted molar refractivity (Wildman–Crippen MR) is 64.0 cm³/mol. The van der Waals surface area contributed by atoms with E-state index in [1.54, 1.807) is 11.3 Å². The van der Waals surface area contributed by atoms with Gasteiger partial charge in [0.15, 0.2) is 0 Å². The third-order valence-electron chi connectivity index (χ3n) is 1.65. The van der Waals surface area contributed by atoms with E-state index in [4.69, 9.17) is 0 Å². The zero-order valence-corrected chi connectivity index (χ0v) is 9.17. The third kappa shape index (κ3) is 4.98. The molecule has 78 valence electrons. The molecule has 2 nitrogen and oxygen atoms in total. The van der Waals surface area contributed by atoms with E-state index in [1.807, 2.05) is 41.8 Å². The number of carbonyl (C=O) groups excluding carboxylic acids is 1. The molecular weight excluding hydrogens is 206 g/mol. The van der Waals surface area contributed by atoms with Gasteiger partial charge in [0.2, 0.25) is 5.91 Å². The Kier molecular flexibility index (Phi) is 5.19. The molecule has 1 aromatic rings. The monoisotopic (exact) mass is 219 g/mol. The molecule has 0 aromatic carbocycles.